The van der Waals surface area contributed by atoms with Crippen molar-refractivity contribution in [3.05, 3.63) is 29.1 Å². The van der Waals surface area contributed by atoms with E-state index in [0.717, 1.165) is 13.2 Å². The Morgan fingerprint density at radius 3 is 2.44 bits per heavy atom. The number of nitriles is 1. The van der Waals surface area contributed by atoms with Crippen molar-refractivity contribution in [2.45, 2.75) is 6.36 Å². The monoisotopic (exact) mass is 263 g/mol. The Hall–Kier alpha value is -2.30. The lowest BCUT2D eigenvalue weighted by Gasteiger charge is -2.13. The molecule has 1 aromatic rings. The smallest absolute Gasteiger partial charge is 0.465 e. The van der Waals surface area contributed by atoms with Gasteiger partial charge in [-0.15, -0.1) is 13.2 Å². The fourth-order valence-corrected chi connectivity index (χ4v) is 1.16. The van der Waals surface area contributed by atoms with Crippen LogP contribution in [0.25, 0.3) is 0 Å². The van der Waals surface area contributed by atoms with Gasteiger partial charge in [0.2, 0.25) is 0 Å². The van der Waals surface area contributed by atoms with Crippen LogP contribution in [0.2, 0.25) is 0 Å². The first-order chi connectivity index (χ1) is 8.30. The lowest BCUT2D eigenvalue weighted by molar-refractivity contribution is -0.274. The molecule has 18 heavy (non-hydrogen) atoms. The van der Waals surface area contributed by atoms with E-state index in [-0.39, 0.29) is 0 Å². The highest BCUT2D eigenvalue weighted by Crippen LogP contribution is 2.31. The molecule has 0 amide bonds. The highest BCUT2D eigenvalue weighted by molar-refractivity contribution is 5.93. The number of methoxy groups -OCH3 is 1. The first kappa shape index (κ1) is 13.8. The third-order valence-corrected chi connectivity index (χ3v) is 1.84. The number of carbonyl (C=O) groups is 1. The normalized spacial score (nSPS) is 10.7. The van der Waals surface area contributed by atoms with Crippen LogP contribution in [-0.2, 0) is 4.74 Å². The number of rotatable bonds is 2. The molecule has 1 rings (SSSR count). The fourth-order valence-electron chi connectivity index (χ4n) is 1.16. The van der Waals surface area contributed by atoms with Crippen LogP contribution in [0.15, 0.2) is 12.1 Å². The van der Waals surface area contributed by atoms with Gasteiger partial charge in [-0.2, -0.15) is 5.26 Å². The topological polar surface area (TPSA) is 59.3 Å². The van der Waals surface area contributed by atoms with E-state index >= 15 is 0 Å². The SMILES string of the molecule is COC(=O)c1ccc(F)c(C#N)c1OC(F)(F)F. The van der Waals surface area contributed by atoms with Crippen LogP contribution in [0, 0.1) is 17.1 Å². The Balaban J connectivity index is 3.45. The van der Waals surface area contributed by atoms with Crippen molar-refractivity contribution in [1.82, 2.24) is 0 Å². The predicted octanol–water partition coefficient (Wildman–Crippen LogP) is 2.38. The summed E-state index contributed by atoms with van der Waals surface area (Å²) in [6, 6.07) is 2.61. The minimum Gasteiger partial charge on any atom is -0.465 e. The molecular weight excluding hydrogens is 258 g/mol. The van der Waals surface area contributed by atoms with Crippen molar-refractivity contribution in [2.75, 3.05) is 7.11 Å². The molecule has 0 aliphatic heterocycles. The summed E-state index contributed by atoms with van der Waals surface area (Å²) in [4.78, 5) is 11.2. The second kappa shape index (κ2) is 4.91. The van der Waals surface area contributed by atoms with Gasteiger partial charge in [-0.25, -0.2) is 9.18 Å². The number of hydrogen-bond acceptors (Lipinski definition) is 4. The first-order valence-electron chi connectivity index (χ1n) is 4.36. The number of benzene rings is 1. The van der Waals surface area contributed by atoms with Gasteiger partial charge in [0.1, 0.15) is 23.0 Å². The van der Waals surface area contributed by atoms with Crippen LogP contribution in [-0.4, -0.2) is 19.4 Å². The molecule has 0 atom stereocenters. The van der Waals surface area contributed by atoms with Crippen molar-refractivity contribution in [3.63, 3.8) is 0 Å². The van der Waals surface area contributed by atoms with Gasteiger partial charge in [0.05, 0.1) is 7.11 Å². The van der Waals surface area contributed by atoms with Gasteiger partial charge in [0.15, 0.2) is 5.75 Å². The molecular formula is C10H5F4NO3. The standard InChI is InChI=1S/C10H5F4NO3/c1-17-9(16)5-2-3-7(11)6(4-15)8(5)18-10(12,13)14/h2-3H,1H3. The molecule has 1 aromatic carbocycles. The van der Waals surface area contributed by atoms with Crippen molar-refractivity contribution in [1.29, 1.82) is 5.26 Å². The van der Waals surface area contributed by atoms with Crippen LogP contribution >= 0.6 is 0 Å². The van der Waals surface area contributed by atoms with Crippen LogP contribution in [0.3, 0.4) is 0 Å². The highest BCUT2D eigenvalue weighted by atomic mass is 19.4. The summed E-state index contributed by atoms with van der Waals surface area (Å²) in [7, 11) is 0.926. The van der Waals surface area contributed by atoms with E-state index in [4.69, 9.17) is 5.26 Å². The number of ether oxygens (including phenoxy) is 2. The third-order valence-electron chi connectivity index (χ3n) is 1.84. The maximum atomic E-state index is 13.2. The zero-order valence-electron chi connectivity index (χ0n) is 8.84. The Labute approximate surface area is 98.3 Å². The molecule has 0 bridgehead atoms. The number of nitrogens with zero attached hydrogens (tertiary/aromatic N) is 1. The average molecular weight is 263 g/mol. The van der Waals surface area contributed by atoms with Crippen LogP contribution in [0.5, 0.6) is 5.75 Å². The highest BCUT2D eigenvalue weighted by Gasteiger charge is 2.35. The molecule has 0 saturated heterocycles. The van der Waals surface area contributed by atoms with Gasteiger partial charge in [0.25, 0.3) is 0 Å². The largest absolute Gasteiger partial charge is 0.573 e. The molecule has 0 aliphatic carbocycles. The maximum absolute atomic E-state index is 13.2. The van der Waals surface area contributed by atoms with Gasteiger partial charge < -0.3 is 9.47 Å². The lowest BCUT2D eigenvalue weighted by atomic mass is 10.1. The van der Waals surface area contributed by atoms with Gasteiger partial charge in [-0.05, 0) is 12.1 Å². The summed E-state index contributed by atoms with van der Waals surface area (Å²) in [6.07, 6.45) is -5.16. The summed E-state index contributed by atoms with van der Waals surface area (Å²) in [5.74, 6) is -3.62. The second-order valence-electron chi connectivity index (χ2n) is 2.95. The molecule has 8 heteroatoms. The molecule has 0 heterocycles. The quantitative estimate of drug-likeness (QED) is 0.607. The zero-order chi connectivity index (χ0) is 13.9. The molecule has 0 aliphatic rings. The van der Waals surface area contributed by atoms with Gasteiger partial charge in [-0.1, -0.05) is 0 Å². The Morgan fingerprint density at radius 1 is 1.39 bits per heavy atom. The van der Waals surface area contributed by atoms with Crippen molar-refractivity contribution < 1.29 is 31.8 Å². The number of hydrogen-bond donors (Lipinski definition) is 0. The molecule has 0 radical (unpaired) electrons. The Morgan fingerprint density at radius 2 is 2.00 bits per heavy atom. The predicted molar refractivity (Wildman–Crippen MR) is 49.1 cm³/mol. The van der Waals surface area contributed by atoms with Crippen molar-refractivity contribution in [3.8, 4) is 11.8 Å². The number of alkyl halides is 3. The number of halogens is 4. The van der Waals surface area contributed by atoms with E-state index in [2.05, 4.69) is 9.47 Å². The van der Waals surface area contributed by atoms with E-state index in [1.165, 1.54) is 6.07 Å². The van der Waals surface area contributed by atoms with Crippen LogP contribution in [0.1, 0.15) is 15.9 Å². The summed E-state index contributed by atoms with van der Waals surface area (Å²) in [5.41, 5.74) is -1.71. The molecule has 4 nitrogen and oxygen atoms in total. The van der Waals surface area contributed by atoms with Crippen LogP contribution < -0.4 is 4.74 Å². The Kier molecular flexibility index (Phi) is 3.76. The van der Waals surface area contributed by atoms with Crippen molar-refractivity contribution >= 4 is 5.97 Å². The van der Waals surface area contributed by atoms with E-state index in [1.54, 1.807) is 0 Å². The number of carbonyl (C=O) groups excluding carboxylic acids is 1. The van der Waals surface area contributed by atoms with Gasteiger partial charge >= 0.3 is 12.3 Å². The molecule has 0 unspecified atom stereocenters. The molecule has 0 saturated carbocycles. The fraction of sp³-hybridized carbons (Fsp3) is 0.200. The molecule has 96 valence electrons. The zero-order valence-corrected chi connectivity index (χ0v) is 8.84. The van der Waals surface area contributed by atoms with E-state index in [1.807, 2.05) is 0 Å². The second-order valence-corrected chi connectivity index (χ2v) is 2.95. The summed E-state index contributed by atoms with van der Waals surface area (Å²) >= 11 is 0. The number of esters is 1. The Bertz CT molecular complexity index is 519. The van der Waals surface area contributed by atoms with Gasteiger partial charge in [-0.3, -0.25) is 0 Å². The summed E-state index contributed by atoms with van der Waals surface area (Å²) < 4.78 is 57.3. The lowest BCUT2D eigenvalue weighted by Crippen LogP contribution is -2.20. The molecule has 0 N–H and O–H groups in total. The van der Waals surface area contributed by atoms with E-state index < -0.39 is 35.0 Å². The van der Waals surface area contributed by atoms with Crippen molar-refractivity contribution in [2.24, 2.45) is 0 Å². The molecule has 0 aromatic heterocycles. The summed E-state index contributed by atoms with van der Waals surface area (Å²) in [6.45, 7) is 0. The van der Waals surface area contributed by atoms with E-state index in [0.29, 0.717) is 6.07 Å². The first-order valence-corrected chi connectivity index (χ1v) is 4.36. The average Bonchev–Trinajstić information content (AvgIpc) is 2.26. The van der Waals surface area contributed by atoms with Gasteiger partial charge in [0, 0.05) is 0 Å². The third kappa shape index (κ3) is 2.88. The molecule has 0 fully saturated rings. The maximum Gasteiger partial charge on any atom is 0.573 e. The van der Waals surface area contributed by atoms with Crippen LogP contribution in [0.4, 0.5) is 17.6 Å². The minimum atomic E-state index is -5.16. The molecule has 0 spiro atoms. The van der Waals surface area contributed by atoms with E-state index in [9.17, 15) is 22.4 Å². The minimum absolute atomic E-state index is 0.675. The summed E-state index contributed by atoms with van der Waals surface area (Å²) in [5, 5.41) is 8.59.